The lowest BCUT2D eigenvalue weighted by Gasteiger charge is -2.09. The predicted molar refractivity (Wildman–Crippen MR) is 96.3 cm³/mol. The van der Waals surface area contributed by atoms with E-state index in [1.807, 2.05) is 0 Å². The molecular formula is C20H18FN3O3. The molecule has 2 aromatic heterocycles. The zero-order chi connectivity index (χ0) is 18.8. The number of aliphatic hydroxyl groups is 1. The number of hydrogen-bond donors (Lipinski definition) is 1. The zero-order valence-corrected chi connectivity index (χ0v) is 14.5. The number of aromatic nitrogens is 3. The van der Waals surface area contributed by atoms with Gasteiger partial charge >= 0.3 is 5.97 Å². The van der Waals surface area contributed by atoms with E-state index in [9.17, 15) is 14.3 Å². The van der Waals surface area contributed by atoms with Gasteiger partial charge in [-0.1, -0.05) is 0 Å². The maximum atomic E-state index is 13.4. The van der Waals surface area contributed by atoms with E-state index >= 15 is 0 Å². The first-order valence-electron chi connectivity index (χ1n) is 8.77. The molecular weight excluding hydrogens is 349 g/mol. The summed E-state index contributed by atoms with van der Waals surface area (Å²) < 4.78 is 20.5. The van der Waals surface area contributed by atoms with E-state index in [4.69, 9.17) is 4.74 Å². The Bertz CT molecular complexity index is 951. The monoisotopic (exact) mass is 367 g/mol. The summed E-state index contributed by atoms with van der Waals surface area (Å²) in [5, 5.41) is 14.0. The van der Waals surface area contributed by atoms with Crippen molar-refractivity contribution in [3.63, 3.8) is 0 Å². The number of pyridine rings is 1. The van der Waals surface area contributed by atoms with Crippen LogP contribution in [0.25, 0.3) is 22.4 Å². The number of halogens is 1. The maximum Gasteiger partial charge on any atom is 0.315 e. The molecule has 0 aliphatic heterocycles. The highest BCUT2D eigenvalue weighted by atomic mass is 19.1. The van der Waals surface area contributed by atoms with Crippen molar-refractivity contribution >= 4 is 5.97 Å². The molecule has 0 bridgehead atoms. The van der Waals surface area contributed by atoms with Crippen LogP contribution in [0.4, 0.5) is 4.39 Å². The number of aliphatic hydroxyl groups excluding tert-OH is 1. The van der Waals surface area contributed by atoms with Crippen LogP contribution in [0.2, 0.25) is 0 Å². The molecule has 0 spiro atoms. The van der Waals surface area contributed by atoms with Gasteiger partial charge in [-0.25, -0.2) is 9.07 Å². The smallest absolute Gasteiger partial charge is 0.315 e. The molecule has 1 fully saturated rings. The minimum absolute atomic E-state index is 0.0814. The molecule has 0 saturated heterocycles. The number of rotatable bonds is 6. The Balaban J connectivity index is 1.88. The topological polar surface area (TPSA) is 77.2 Å². The molecule has 27 heavy (non-hydrogen) atoms. The molecule has 0 radical (unpaired) electrons. The number of benzene rings is 1. The van der Waals surface area contributed by atoms with Crippen molar-refractivity contribution in [2.24, 2.45) is 5.92 Å². The van der Waals surface area contributed by atoms with Gasteiger partial charge in [0.05, 0.1) is 24.6 Å². The summed E-state index contributed by atoms with van der Waals surface area (Å²) in [6.45, 7) is 0.0147. The lowest BCUT2D eigenvalue weighted by Crippen LogP contribution is -2.15. The molecule has 3 aromatic rings. The van der Waals surface area contributed by atoms with E-state index in [-0.39, 0.29) is 36.7 Å². The summed E-state index contributed by atoms with van der Waals surface area (Å²) in [6.07, 6.45) is 4.92. The third-order valence-corrected chi connectivity index (χ3v) is 4.41. The molecule has 2 heterocycles. The van der Waals surface area contributed by atoms with Gasteiger partial charge in [0, 0.05) is 18.0 Å². The molecule has 1 saturated carbocycles. The Morgan fingerprint density at radius 3 is 2.48 bits per heavy atom. The quantitative estimate of drug-likeness (QED) is 0.678. The van der Waals surface area contributed by atoms with Gasteiger partial charge in [-0.3, -0.25) is 9.78 Å². The van der Waals surface area contributed by atoms with Gasteiger partial charge in [0.25, 0.3) is 0 Å². The molecule has 0 unspecified atom stereocenters. The van der Waals surface area contributed by atoms with E-state index < -0.39 is 0 Å². The van der Waals surface area contributed by atoms with Crippen LogP contribution >= 0.6 is 0 Å². The van der Waals surface area contributed by atoms with Gasteiger partial charge in [0.15, 0.2) is 0 Å². The average molecular weight is 367 g/mol. The van der Waals surface area contributed by atoms with Crippen molar-refractivity contribution < 1.29 is 19.0 Å². The van der Waals surface area contributed by atoms with Crippen LogP contribution in [-0.4, -0.2) is 32.4 Å². The Kier molecular flexibility index (Phi) is 4.68. The average Bonchev–Trinajstić information content (AvgIpc) is 3.48. The van der Waals surface area contributed by atoms with E-state index in [2.05, 4.69) is 10.1 Å². The number of carbonyl (C=O) groups excluding carboxylic acids is 1. The molecule has 7 heteroatoms. The predicted octanol–water partition coefficient (Wildman–Crippen LogP) is 3.06. The SMILES string of the molecule is O=C(Oc1c(-c2ccncc2)c(-c2ccc(F)cc2)nn1CCO)C1CC1. The second-order valence-electron chi connectivity index (χ2n) is 6.41. The third-order valence-electron chi connectivity index (χ3n) is 4.41. The Hall–Kier alpha value is -3.06. The van der Waals surface area contributed by atoms with E-state index in [0.717, 1.165) is 18.4 Å². The van der Waals surface area contributed by atoms with E-state index in [0.29, 0.717) is 16.8 Å². The van der Waals surface area contributed by atoms with Crippen molar-refractivity contribution in [2.45, 2.75) is 19.4 Å². The molecule has 1 aliphatic rings. The van der Waals surface area contributed by atoms with Crippen LogP contribution in [0.3, 0.4) is 0 Å². The molecule has 1 N–H and O–H groups in total. The summed E-state index contributed by atoms with van der Waals surface area (Å²) in [6, 6.07) is 9.54. The first-order chi connectivity index (χ1) is 13.2. The molecule has 1 aliphatic carbocycles. The van der Waals surface area contributed by atoms with Crippen molar-refractivity contribution in [1.82, 2.24) is 14.8 Å². The van der Waals surface area contributed by atoms with Crippen LogP contribution in [-0.2, 0) is 11.3 Å². The summed E-state index contributed by atoms with van der Waals surface area (Å²) in [5.74, 6) is -0.442. The highest BCUT2D eigenvalue weighted by molar-refractivity contribution is 5.87. The minimum Gasteiger partial charge on any atom is -0.407 e. The van der Waals surface area contributed by atoms with Gasteiger partial charge in [0.1, 0.15) is 11.5 Å². The van der Waals surface area contributed by atoms with Crippen molar-refractivity contribution in [2.75, 3.05) is 6.61 Å². The number of hydrogen-bond acceptors (Lipinski definition) is 5. The summed E-state index contributed by atoms with van der Waals surface area (Å²) in [4.78, 5) is 16.3. The minimum atomic E-state index is -0.348. The molecule has 0 atom stereocenters. The molecule has 138 valence electrons. The standard InChI is InChI=1S/C20H18FN3O3/c21-16-5-3-14(4-6-16)18-17(13-7-9-22-10-8-13)19(24(23-18)11-12-25)27-20(26)15-1-2-15/h3-10,15,25H,1-2,11-12H2. The first-order valence-corrected chi connectivity index (χ1v) is 8.77. The van der Waals surface area contributed by atoms with Crippen LogP contribution < -0.4 is 4.74 Å². The van der Waals surface area contributed by atoms with E-state index in [1.165, 1.54) is 16.8 Å². The number of esters is 1. The number of carbonyl (C=O) groups is 1. The highest BCUT2D eigenvalue weighted by Crippen LogP contribution is 2.40. The fourth-order valence-corrected chi connectivity index (χ4v) is 2.88. The maximum absolute atomic E-state index is 13.4. The second kappa shape index (κ2) is 7.28. The van der Waals surface area contributed by atoms with Crippen LogP contribution in [0.1, 0.15) is 12.8 Å². The van der Waals surface area contributed by atoms with Crippen LogP contribution in [0.15, 0.2) is 48.8 Å². The Morgan fingerprint density at radius 1 is 1.15 bits per heavy atom. The Morgan fingerprint density at radius 2 is 1.85 bits per heavy atom. The first kappa shape index (κ1) is 17.4. The zero-order valence-electron chi connectivity index (χ0n) is 14.5. The molecule has 1 aromatic carbocycles. The van der Waals surface area contributed by atoms with Gasteiger partial charge in [0.2, 0.25) is 5.88 Å². The summed E-state index contributed by atoms with van der Waals surface area (Å²) in [7, 11) is 0. The fourth-order valence-electron chi connectivity index (χ4n) is 2.88. The Labute approximate surface area is 155 Å². The largest absolute Gasteiger partial charge is 0.407 e. The molecule has 4 rings (SSSR count). The lowest BCUT2D eigenvalue weighted by atomic mass is 10.0. The van der Waals surface area contributed by atoms with Gasteiger partial charge < -0.3 is 9.84 Å². The fraction of sp³-hybridized carbons (Fsp3) is 0.250. The van der Waals surface area contributed by atoms with Crippen molar-refractivity contribution in [3.05, 3.63) is 54.6 Å². The van der Waals surface area contributed by atoms with Crippen molar-refractivity contribution in [3.8, 4) is 28.3 Å². The van der Waals surface area contributed by atoms with Crippen LogP contribution in [0.5, 0.6) is 5.88 Å². The van der Waals surface area contributed by atoms with Gasteiger partial charge in [-0.05, 0) is 54.8 Å². The third kappa shape index (κ3) is 3.59. The lowest BCUT2D eigenvalue weighted by molar-refractivity contribution is -0.136. The summed E-state index contributed by atoms with van der Waals surface area (Å²) in [5.41, 5.74) is 2.62. The van der Waals surface area contributed by atoms with Crippen LogP contribution in [0, 0.1) is 11.7 Å². The second-order valence-corrected chi connectivity index (χ2v) is 6.41. The summed E-state index contributed by atoms with van der Waals surface area (Å²) >= 11 is 0. The van der Waals surface area contributed by atoms with E-state index in [1.54, 1.807) is 36.7 Å². The highest BCUT2D eigenvalue weighted by Gasteiger charge is 2.34. The van der Waals surface area contributed by atoms with Gasteiger partial charge in [-0.2, -0.15) is 5.10 Å². The normalized spacial score (nSPS) is 13.6. The molecule has 0 amide bonds. The van der Waals surface area contributed by atoms with Gasteiger partial charge in [-0.15, -0.1) is 0 Å². The number of ether oxygens (including phenoxy) is 1. The van der Waals surface area contributed by atoms with Crippen molar-refractivity contribution in [1.29, 1.82) is 0 Å². The molecule has 6 nitrogen and oxygen atoms in total. The number of nitrogens with zero attached hydrogens (tertiary/aromatic N) is 3.